The summed E-state index contributed by atoms with van der Waals surface area (Å²) in [6.07, 6.45) is 3.49. The van der Waals surface area contributed by atoms with Gasteiger partial charge in [0.25, 0.3) is 21.5 Å². The van der Waals surface area contributed by atoms with Crippen molar-refractivity contribution in [2.45, 2.75) is 17.9 Å². The molecule has 0 saturated carbocycles. The summed E-state index contributed by atoms with van der Waals surface area (Å²) in [5.74, 6) is 0.229. The van der Waals surface area contributed by atoms with E-state index in [4.69, 9.17) is 4.74 Å². The van der Waals surface area contributed by atoms with Crippen LogP contribution in [0.5, 0.6) is 0 Å². The average molecular weight is 667 g/mol. The molecule has 11 nitrogen and oxygen atoms in total. The van der Waals surface area contributed by atoms with Gasteiger partial charge in [-0.2, -0.15) is 0 Å². The molecule has 43 heavy (non-hydrogen) atoms. The monoisotopic (exact) mass is 665 g/mol. The van der Waals surface area contributed by atoms with Crippen molar-refractivity contribution >= 4 is 49.1 Å². The Balaban J connectivity index is 1.29. The number of pyridine rings is 2. The van der Waals surface area contributed by atoms with Crippen molar-refractivity contribution in [1.29, 1.82) is 0 Å². The number of hydrogen-bond acceptors (Lipinski definition) is 8. The molecule has 1 fully saturated rings. The molecule has 222 valence electrons. The smallest absolute Gasteiger partial charge is 0.271 e. The van der Waals surface area contributed by atoms with Gasteiger partial charge in [-0.05, 0) is 60.0 Å². The Hall–Kier alpha value is -4.04. The van der Waals surface area contributed by atoms with Gasteiger partial charge in [-0.15, -0.1) is 0 Å². The number of rotatable bonds is 6. The van der Waals surface area contributed by atoms with Gasteiger partial charge in [-0.25, -0.2) is 13.4 Å². The summed E-state index contributed by atoms with van der Waals surface area (Å²) in [5.41, 5.74) is 2.86. The van der Waals surface area contributed by atoms with Crippen molar-refractivity contribution in [3.8, 4) is 11.1 Å². The number of hydrogen-bond donors (Lipinski definition) is 3. The third-order valence-corrected chi connectivity index (χ3v) is 9.95. The number of anilines is 3. The number of aliphatic hydroxyl groups is 1. The van der Waals surface area contributed by atoms with Crippen molar-refractivity contribution in [3.05, 3.63) is 98.5 Å². The Morgan fingerprint density at radius 3 is 2.65 bits per heavy atom. The zero-order valence-corrected chi connectivity index (χ0v) is 25.3. The average Bonchev–Trinajstić information content (AvgIpc) is 3.02. The minimum atomic E-state index is -3.87. The Bertz CT molecular complexity index is 1860. The molecule has 4 heterocycles. The van der Waals surface area contributed by atoms with Gasteiger partial charge in [0.1, 0.15) is 11.5 Å². The number of nitrogens with one attached hydrogen (secondary N) is 2. The summed E-state index contributed by atoms with van der Waals surface area (Å²) in [6.45, 7) is 1.83. The van der Waals surface area contributed by atoms with Gasteiger partial charge >= 0.3 is 0 Å². The molecule has 6 rings (SSSR count). The van der Waals surface area contributed by atoms with E-state index in [2.05, 4.69) is 31.2 Å². The number of halogens is 1. The number of benzene rings is 2. The lowest BCUT2D eigenvalue weighted by molar-refractivity contribution is 0.0302. The van der Waals surface area contributed by atoms with Crippen molar-refractivity contribution in [2.24, 2.45) is 0 Å². The molecule has 2 aromatic heterocycles. The van der Waals surface area contributed by atoms with Gasteiger partial charge in [-0.3, -0.25) is 13.9 Å². The first-order valence-corrected chi connectivity index (χ1v) is 15.9. The van der Waals surface area contributed by atoms with Crippen LogP contribution in [0.2, 0.25) is 0 Å². The Kier molecular flexibility index (Phi) is 8.05. The number of carbonyl (C=O) groups is 1. The molecule has 1 amide bonds. The van der Waals surface area contributed by atoms with Gasteiger partial charge in [0, 0.05) is 47.6 Å². The van der Waals surface area contributed by atoms with E-state index in [-0.39, 0.29) is 23.0 Å². The topological polar surface area (TPSA) is 145 Å². The number of ether oxygens (including phenoxy) is 1. The molecule has 2 aromatic carbocycles. The summed E-state index contributed by atoms with van der Waals surface area (Å²) >= 11 is 3.41. The number of aromatic nitrogens is 2. The molecule has 2 aliphatic heterocycles. The molecule has 3 N–H and O–H groups in total. The fourth-order valence-corrected chi connectivity index (χ4v) is 7.50. The summed E-state index contributed by atoms with van der Waals surface area (Å²) in [6, 6.07) is 15.1. The molecule has 0 spiro atoms. The van der Waals surface area contributed by atoms with Crippen molar-refractivity contribution in [1.82, 2.24) is 14.9 Å². The van der Waals surface area contributed by atoms with Gasteiger partial charge in [0.05, 0.1) is 36.0 Å². The molecular weight excluding hydrogens is 638 g/mol. The van der Waals surface area contributed by atoms with Gasteiger partial charge in [0.15, 0.2) is 0 Å². The highest BCUT2D eigenvalue weighted by molar-refractivity contribution is 9.10. The van der Waals surface area contributed by atoms with Crippen LogP contribution in [-0.4, -0.2) is 67.1 Å². The maximum atomic E-state index is 13.6. The molecule has 0 radical (unpaired) electrons. The molecule has 0 bridgehead atoms. The van der Waals surface area contributed by atoms with Gasteiger partial charge in [-0.1, -0.05) is 28.1 Å². The lowest BCUT2D eigenvalue weighted by atomic mass is 9.99. The Morgan fingerprint density at radius 2 is 1.91 bits per heavy atom. The second kappa shape index (κ2) is 11.9. The second-order valence-corrected chi connectivity index (χ2v) is 12.9. The van der Waals surface area contributed by atoms with E-state index in [0.29, 0.717) is 66.5 Å². The number of fused-ring (bicyclic) bond motifs is 1. The molecule has 13 heteroatoms. The number of nitrogens with zero attached hydrogens (tertiary/aromatic N) is 3. The first kappa shape index (κ1) is 29.1. The van der Waals surface area contributed by atoms with Crippen LogP contribution >= 0.6 is 15.9 Å². The van der Waals surface area contributed by atoms with E-state index >= 15 is 0 Å². The third kappa shape index (κ3) is 5.68. The quantitative estimate of drug-likeness (QED) is 0.283. The number of aliphatic hydroxyl groups excluding tert-OH is 1. The fourth-order valence-electron chi connectivity index (χ4n) is 5.36. The number of sulfonamides is 1. The van der Waals surface area contributed by atoms with Crippen LogP contribution < -0.4 is 15.2 Å². The molecule has 2 aliphatic rings. The standard InChI is InChI=1S/C30H28BrN5O6S/c31-22-5-6-27-19(14-22)8-9-36(43(27,40)41)26-3-1-2-23(24(26)18-37)21-15-25(29(38)33-17-21)34-28-7-4-20(16-32-28)30(39)35-10-12-42-13-11-35/h1-7,14-17,37H,8-13,18H2,(H,32,34)(H,33,38). The van der Waals surface area contributed by atoms with Crippen LogP contribution in [0.25, 0.3) is 11.1 Å². The minimum absolute atomic E-state index is 0.134. The largest absolute Gasteiger partial charge is 0.392 e. The van der Waals surface area contributed by atoms with E-state index in [1.54, 1.807) is 53.4 Å². The zero-order chi connectivity index (χ0) is 30.1. The summed E-state index contributed by atoms with van der Waals surface area (Å²) in [7, 11) is -3.87. The second-order valence-electron chi connectivity index (χ2n) is 10.1. The van der Waals surface area contributed by atoms with Crippen LogP contribution in [0.4, 0.5) is 17.2 Å². The number of morpholine rings is 1. The van der Waals surface area contributed by atoms with Crippen molar-refractivity contribution in [2.75, 3.05) is 42.5 Å². The van der Waals surface area contributed by atoms with Crippen LogP contribution in [0, 0.1) is 0 Å². The predicted octanol–water partition coefficient (Wildman–Crippen LogP) is 3.66. The van der Waals surface area contributed by atoms with Crippen molar-refractivity contribution < 1.29 is 23.1 Å². The SMILES string of the molecule is O=C(c1ccc(Nc2cc(-c3cccc(N4CCc5cc(Br)ccc5S4(=O)=O)c3CO)c[nH]c2=O)nc1)N1CCOCC1. The van der Waals surface area contributed by atoms with Crippen molar-refractivity contribution in [3.63, 3.8) is 0 Å². The zero-order valence-electron chi connectivity index (χ0n) is 22.9. The van der Waals surface area contributed by atoms with Crippen LogP contribution in [-0.2, 0) is 27.8 Å². The summed E-state index contributed by atoms with van der Waals surface area (Å²) in [4.78, 5) is 34.4. The van der Waals surface area contributed by atoms with Gasteiger partial charge < -0.3 is 25.0 Å². The van der Waals surface area contributed by atoms with Crippen LogP contribution in [0.15, 0.2) is 81.2 Å². The molecule has 1 saturated heterocycles. The summed E-state index contributed by atoms with van der Waals surface area (Å²) < 4.78 is 34.7. The minimum Gasteiger partial charge on any atom is -0.392 e. The number of amides is 1. The van der Waals surface area contributed by atoms with E-state index in [1.807, 2.05) is 6.07 Å². The highest BCUT2D eigenvalue weighted by Crippen LogP contribution is 2.38. The van der Waals surface area contributed by atoms with Gasteiger partial charge in [0.2, 0.25) is 0 Å². The first-order chi connectivity index (χ1) is 20.8. The molecule has 0 unspecified atom stereocenters. The highest BCUT2D eigenvalue weighted by Gasteiger charge is 2.33. The van der Waals surface area contributed by atoms with E-state index in [9.17, 15) is 23.1 Å². The lowest BCUT2D eigenvalue weighted by Gasteiger charge is -2.32. The normalized spacial score (nSPS) is 16.0. The van der Waals surface area contributed by atoms with E-state index in [1.165, 1.54) is 16.7 Å². The third-order valence-electron chi connectivity index (χ3n) is 7.54. The number of aromatic amines is 1. The Morgan fingerprint density at radius 1 is 1.09 bits per heavy atom. The molecule has 0 aliphatic carbocycles. The molecule has 4 aromatic rings. The van der Waals surface area contributed by atoms with Crippen LogP contribution in [0.3, 0.4) is 0 Å². The maximum absolute atomic E-state index is 13.6. The lowest BCUT2D eigenvalue weighted by Crippen LogP contribution is -2.40. The summed E-state index contributed by atoms with van der Waals surface area (Å²) in [5, 5.41) is 13.5. The van der Waals surface area contributed by atoms with E-state index in [0.717, 1.165) is 10.0 Å². The Labute approximate surface area is 256 Å². The van der Waals surface area contributed by atoms with Crippen LogP contribution in [0.1, 0.15) is 21.5 Å². The maximum Gasteiger partial charge on any atom is 0.271 e. The number of carbonyl (C=O) groups excluding carboxylic acids is 1. The highest BCUT2D eigenvalue weighted by atomic mass is 79.9. The number of H-pyrrole nitrogens is 1. The predicted molar refractivity (Wildman–Crippen MR) is 165 cm³/mol. The van der Waals surface area contributed by atoms with E-state index < -0.39 is 22.2 Å². The molecular formula is C30H28BrN5O6S. The molecule has 0 atom stereocenters. The fraction of sp³-hybridized carbons (Fsp3) is 0.233. The first-order valence-electron chi connectivity index (χ1n) is 13.6.